The van der Waals surface area contributed by atoms with Crippen LogP contribution in [0.5, 0.6) is 0 Å². The molecule has 0 saturated heterocycles. The summed E-state index contributed by atoms with van der Waals surface area (Å²) in [5, 5.41) is 12.0. The van der Waals surface area contributed by atoms with E-state index >= 15 is 0 Å². The molecule has 11 heavy (non-hydrogen) atoms. The van der Waals surface area contributed by atoms with Gasteiger partial charge in [0.05, 0.1) is 18.3 Å². The molecule has 0 aromatic carbocycles. The minimum absolute atomic E-state index is 0.0819. The summed E-state index contributed by atoms with van der Waals surface area (Å²) in [5.74, 6) is -1.05. The number of hydrogen-bond acceptors (Lipinski definition) is 2. The number of rotatable bonds is 3. The molecule has 0 spiro atoms. The van der Waals surface area contributed by atoms with E-state index in [4.69, 9.17) is 5.11 Å². The maximum atomic E-state index is 11.7. The molecule has 60 valence electrons. The van der Waals surface area contributed by atoms with Crippen LogP contribution in [0.2, 0.25) is 0 Å². The molecule has 0 aliphatic carbocycles. The van der Waals surface area contributed by atoms with Gasteiger partial charge in [-0.3, -0.25) is 4.68 Å². The standard InChI is InChI=1S/C6H7FN2O2/c7-1-2-9-4-5(3-8-9)6(10)11/h3-4H,1-2H2,(H,10,11). The Morgan fingerprint density at radius 2 is 2.55 bits per heavy atom. The Labute approximate surface area is 62.3 Å². The lowest BCUT2D eigenvalue weighted by Crippen LogP contribution is -1.99. The molecule has 1 heterocycles. The van der Waals surface area contributed by atoms with Gasteiger partial charge in [0.1, 0.15) is 6.67 Å². The highest BCUT2D eigenvalue weighted by Gasteiger charge is 2.04. The Kier molecular flexibility index (Phi) is 2.20. The van der Waals surface area contributed by atoms with Crippen molar-refractivity contribution >= 4 is 5.97 Å². The van der Waals surface area contributed by atoms with Crippen molar-refractivity contribution in [3.8, 4) is 0 Å². The number of carboxylic acids is 1. The van der Waals surface area contributed by atoms with E-state index in [1.165, 1.54) is 17.1 Å². The molecule has 0 aliphatic heterocycles. The summed E-state index contributed by atoms with van der Waals surface area (Å²) < 4.78 is 12.9. The first-order chi connectivity index (χ1) is 5.24. The number of carbonyl (C=O) groups is 1. The van der Waals surface area contributed by atoms with Crippen molar-refractivity contribution < 1.29 is 14.3 Å². The Morgan fingerprint density at radius 1 is 1.82 bits per heavy atom. The van der Waals surface area contributed by atoms with E-state index < -0.39 is 12.6 Å². The second-order valence-corrected chi connectivity index (χ2v) is 1.99. The van der Waals surface area contributed by atoms with Crippen LogP contribution in [0.25, 0.3) is 0 Å². The second kappa shape index (κ2) is 3.14. The van der Waals surface area contributed by atoms with Gasteiger partial charge in [0.15, 0.2) is 0 Å². The van der Waals surface area contributed by atoms with Crippen LogP contribution >= 0.6 is 0 Å². The number of aromatic carboxylic acids is 1. The van der Waals surface area contributed by atoms with Crippen LogP contribution in [-0.4, -0.2) is 27.5 Å². The number of carboxylic acid groups (broad SMARTS) is 1. The number of alkyl halides is 1. The minimum Gasteiger partial charge on any atom is -0.478 e. The van der Waals surface area contributed by atoms with Crippen LogP contribution < -0.4 is 0 Å². The van der Waals surface area contributed by atoms with Gasteiger partial charge in [0.25, 0.3) is 0 Å². The predicted octanol–water partition coefficient (Wildman–Crippen LogP) is 0.551. The maximum Gasteiger partial charge on any atom is 0.338 e. The molecule has 0 unspecified atom stereocenters. The molecule has 0 fully saturated rings. The van der Waals surface area contributed by atoms with Crippen molar-refractivity contribution in [1.82, 2.24) is 9.78 Å². The van der Waals surface area contributed by atoms with Crippen LogP contribution in [-0.2, 0) is 6.54 Å². The van der Waals surface area contributed by atoms with Crippen LogP contribution in [0.3, 0.4) is 0 Å². The van der Waals surface area contributed by atoms with Gasteiger partial charge in [-0.25, -0.2) is 9.18 Å². The number of hydrogen-bond donors (Lipinski definition) is 1. The van der Waals surface area contributed by atoms with E-state index in [-0.39, 0.29) is 12.1 Å². The molecule has 1 aromatic rings. The smallest absolute Gasteiger partial charge is 0.338 e. The van der Waals surface area contributed by atoms with E-state index in [0.29, 0.717) is 0 Å². The fraction of sp³-hybridized carbons (Fsp3) is 0.333. The highest BCUT2D eigenvalue weighted by Crippen LogP contribution is 1.96. The van der Waals surface area contributed by atoms with Gasteiger partial charge >= 0.3 is 5.97 Å². The fourth-order valence-corrected chi connectivity index (χ4v) is 0.683. The summed E-state index contributed by atoms with van der Waals surface area (Å²) in [4.78, 5) is 10.3. The molecule has 0 aliphatic rings. The van der Waals surface area contributed by atoms with Gasteiger partial charge in [0.2, 0.25) is 0 Å². The lowest BCUT2D eigenvalue weighted by atomic mass is 10.4. The quantitative estimate of drug-likeness (QED) is 0.698. The van der Waals surface area contributed by atoms with Crippen molar-refractivity contribution in [2.24, 2.45) is 0 Å². The Balaban J connectivity index is 2.73. The summed E-state index contributed by atoms with van der Waals surface area (Å²) >= 11 is 0. The molecular weight excluding hydrogens is 151 g/mol. The summed E-state index contributed by atoms with van der Waals surface area (Å²) in [6, 6.07) is 0. The average molecular weight is 158 g/mol. The van der Waals surface area contributed by atoms with Crippen LogP contribution in [0.15, 0.2) is 12.4 Å². The zero-order valence-electron chi connectivity index (χ0n) is 5.70. The van der Waals surface area contributed by atoms with E-state index in [1.54, 1.807) is 0 Å². The molecular formula is C6H7FN2O2. The molecule has 0 saturated carbocycles. The Hall–Kier alpha value is -1.39. The molecule has 5 heteroatoms. The van der Waals surface area contributed by atoms with E-state index in [1.807, 2.05) is 0 Å². The maximum absolute atomic E-state index is 11.7. The molecule has 1 aromatic heterocycles. The number of aromatic nitrogens is 2. The number of aryl methyl sites for hydroxylation is 1. The van der Waals surface area contributed by atoms with Gasteiger partial charge in [-0.05, 0) is 0 Å². The first-order valence-electron chi connectivity index (χ1n) is 3.05. The van der Waals surface area contributed by atoms with Crippen molar-refractivity contribution in [1.29, 1.82) is 0 Å². The Bertz CT molecular complexity index is 259. The fourth-order valence-electron chi connectivity index (χ4n) is 0.683. The van der Waals surface area contributed by atoms with Gasteiger partial charge in [-0.1, -0.05) is 0 Å². The largest absolute Gasteiger partial charge is 0.478 e. The van der Waals surface area contributed by atoms with Gasteiger partial charge in [0, 0.05) is 6.20 Å². The molecule has 4 nitrogen and oxygen atoms in total. The van der Waals surface area contributed by atoms with Crippen LogP contribution in [0.4, 0.5) is 4.39 Å². The molecule has 1 N–H and O–H groups in total. The second-order valence-electron chi connectivity index (χ2n) is 1.99. The van der Waals surface area contributed by atoms with Gasteiger partial charge in [-0.2, -0.15) is 5.10 Å². The highest BCUT2D eigenvalue weighted by atomic mass is 19.1. The number of halogens is 1. The van der Waals surface area contributed by atoms with Crippen molar-refractivity contribution in [2.75, 3.05) is 6.67 Å². The third-order valence-corrected chi connectivity index (χ3v) is 1.19. The molecule has 0 amide bonds. The first-order valence-corrected chi connectivity index (χ1v) is 3.05. The van der Waals surface area contributed by atoms with Crippen LogP contribution in [0.1, 0.15) is 10.4 Å². The van der Waals surface area contributed by atoms with Gasteiger partial charge < -0.3 is 5.11 Å². The van der Waals surface area contributed by atoms with Crippen molar-refractivity contribution in [3.05, 3.63) is 18.0 Å². The van der Waals surface area contributed by atoms with E-state index in [9.17, 15) is 9.18 Å². The lowest BCUT2D eigenvalue weighted by molar-refractivity contribution is 0.0696. The zero-order valence-corrected chi connectivity index (χ0v) is 5.70. The predicted molar refractivity (Wildman–Crippen MR) is 35.2 cm³/mol. The Morgan fingerprint density at radius 3 is 3.00 bits per heavy atom. The van der Waals surface area contributed by atoms with E-state index in [0.717, 1.165) is 0 Å². The van der Waals surface area contributed by atoms with Crippen LogP contribution in [0, 0.1) is 0 Å². The first kappa shape index (κ1) is 7.71. The average Bonchev–Trinajstić information content (AvgIpc) is 2.37. The lowest BCUT2D eigenvalue weighted by Gasteiger charge is -1.91. The van der Waals surface area contributed by atoms with Gasteiger partial charge in [-0.15, -0.1) is 0 Å². The van der Waals surface area contributed by atoms with Crippen molar-refractivity contribution in [3.63, 3.8) is 0 Å². The molecule has 1 rings (SSSR count). The molecule has 0 bridgehead atoms. The summed E-state index contributed by atoms with van der Waals surface area (Å²) in [6.07, 6.45) is 2.49. The zero-order chi connectivity index (χ0) is 8.27. The molecule has 0 radical (unpaired) electrons. The highest BCUT2D eigenvalue weighted by molar-refractivity contribution is 5.86. The third kappa shape index (κ3) is 1.76. The monoisotopic (exact) mass is 158 g/mol. The summed E-state index contributed by atoms with van der Waals surface area (Å²) in [6.45, 7) is -0.436. The third-order valence-electron chi connectivity index (χ3n) is 1.19. The van der Waals surface area contributed by atoms with E-state index in [2.05, 4.69) is 5.10 Å². The topological polar surface area (TPSA) is 55.1 Å². The normalized spacial score (nSPS) is 9.91. The number of nitrogens with zero attached hydrogens (tertiary/aromatic N) is 2. The van der Waals surface area contributed by atoms with Crippen molar-refractivity contribution in [2.45, 2.75) is 6.54 Å². The minimum atomic E-state index is -1.05. The summed E-state index contributed by atoms with van der Waals surface area (Å²) in [7, 11) is 0. The SMILES string of the molecule is O=C(O)c1cnn(CCF)c1. The summed E-state index contributed by atoms with van der Waals surface area (Å²) in [5.41, 5.74) is 0.0819. The molecule has 0 atom stereocenters.